The molecule has 0 fully saturated rings. The van der Waals surface area contributed by atoms with E-state index >= 15 is 0 Å². The van der Waals surface area contributed by atoms with Crippen molar-refractivity contribution in [3.05, 3.63) is 75.7 Å². The Labute approximate surface area is 220 Å². The first-order valence-corrected chi connectivity index (χ1v) is 13.1. The molecule has 0 atom stereocenters. The van der Waals surface area contributed by atoms with Crippen molar-refractivity contribution in [2.75, 3.05) is 18.0 Å². The van der Waals surface area contributed by atoms with Crippen LogP contribution in [0.15, 0.2) is 80.3 Å². The van der Waals surface area contributed by atoms with Crippen molar-refractivity contribution in [3.8, 4) is 11.6 Å². The average molecular weight is 592 g/mol. The summed E-state index contributed by atoms with van der Waals surface area (Å²) in [4.78, 5) is 15.6. The number of carbonyl (C=O) groups excluding carboxylic acids is 1. The number of ether oxygens (including phenoxy) is 1. The Balaban J connectivity index is 1.74. The number of hydrogen-bond donors (Lipinski definition) is 2. The third kappa shape index (κ3) is 5.23. The number of halogens is 2. The zero-order valence-corrected chi connectivity index (χ0v) is 22.2. The Morgan fingerprint density at radius 1 is 1.14 bits per heavy atom. The van der Waals surface area contributed by atoms with E-state index in [1.807, 2.05) is 6.92 Å². The fraction of sp³-hybridized carbons (Fsp3) is 0.125. The minimum atomic E-state index is -4.23. The number of azo groups is 1. The summed E-state index contributed by atoms with van der Waals surface area (Å²) in [5.74, 6) is -0.962. The van der Waals surface area contributed by atoms with Gasteiger partial charge < -0.3 is 14.8 Å². The molecule has 12 heteroatoms. The Morgan fingerprint density at radius 3 is 2.56 bits per heavy atom. The van der Waals surface area contributed by atoms with Crippen LogP contribution in [0.5, 0.6) is 11.6 Å². The van der Waals surface area contributed by atoms with E-state index in [-0.39, 0.29) is 32.9 Å². The lowest BCUT2D eigenvalue weighted by Crippen LogP contribution is -2.35. The Morgan fingerprint density at radius 2 is 1.86 bits per heavy atom. The van der Waals surface area contributed by atoms with Crippen molar-refractivity contribution in [3.63, 3.8) is 0 Å². The first-order valence-electron chi connectivity index (χ1n) is 10.5. The molecule has 1 amide bonds. The first kappa shape index (κ1) is 25.7. The molecule has 0 saturated heterocycles. The third-order valence-corrected chi connectivity index (χ3v) is 7.78. The zero-order valence-electron chi connectivity index (χ0n) is 19.1. The van der Waals surface area contributed by atoms with Crippen molar-refractivity contribution in [2.24, 2.45) is 10.2 Å². The van der Waals surface area contributed by atoms with Crippen LogP contribution in [0.2, 0.25) is 5.02 Å². The first-order chi connectivity index (χ1) is 17.1. The second kappa shape index (κ2) is 10.3. The number of nitrogens with one attached hydrogen (secondary N) is 1. The maximum Gasteiger partial charge on any atom is 0.285 e. The van der Waals surface area contributed by atoms with Gasteiger partial charge in [-0.1, -0.05) is 45.2 Å². The van der Waals surface area contributed by atoms with Crippen LogP contribution in [0.25, 0.3) is 10.9 Å². The van der Waals surface area contributed by atoms with Gasteiger partial charge in [0.1, 0.15) is 12.3 Å². The van der Waals surface area contributed by atoms with Crippen LogP contribution < -0.4 is 9.04 Å². The highest BCUT2D eigenvalue weighted by Gasteiger charge is 2.30. The fourth-order valence-corrected chi connectivity index (χ4v) is 5.44. The van der Waals surface area contributed by atoms with Gasteiger partial charge in [0.2, 0.25) is 5.88 Å². The number of rotatable bonds is 7. The van der Waals surface area contributed by atoms with E-state index in [2.05, 4.69) is 31.1 Å². The van der Waals surface area contributed by atoms with Crippen molar-refractivity contribution in [1.29, 1.82) is 0 Å². The highest BCUT2D eigenvalue weighted by molar-refractivity contribution is 9.10. The minimum Gasteiger partial charge on any atom is -0.495 e. The van der Waals surface area contributed by atoms with E-state index < -0.39 is 22.5 Å². The van der Waals surface area contributed by atoms with E-state index in [4.69, 9.17) is 16.3 Å². The Hall–Kier alpha value is -3.41. The van der Waals surface area contributed by atoms with E-state index in [1.165, 1.54) is 31.4 Å². The van der Waals surface area contributed by atoms with E-state index in [0.717, 1.165) is 14.3 Å². The molecule has 0 aliphatic carbocycles. The van der Waals surface area contributed by atoms with Gasteiger partial charge in [-0.3, -0.25) is 9.10 Å². The van der Waals surface area contributed by atoms with Gasteiger partial charge in [-0.25, -0.2) is 8.42 Å². The van der Waals surface area contributed by atoms with Crippen molar-refractivity contribution >= 4 is 65.7 Å². The van der Waals surface area contributed by atoms with Gasteiger partial charge in [-0.2, -0.15) is 0 Å². The van der Waals surface area contributed by atoms with E-state index in [1.54, 1.807) is 36.4 Å². The molecule has 4 aromatic rings. The van der Waals surface area contributed by atoms with Crippen LogP contribution in [0.4, 0.5) is 11.4 Å². The molecule has 3 aromatic carbocycles. The highest BCUT2D eigenvalue weighted by Crippen LogP contribution is 2.37. The van der Waals surface area contributed by atoms with Crippen molar-refractivity contribution < 1.29 is 23.1 Å². The molecule has 0 unspecified atom stereocenters. The third-order valence-electron chi connectivity index (χ3n) is 5.27. The van der Waals surface area contributed by atoms with Gasteiger partial charge >= 0.3 is 0 Å². The number of nitrogens with zero attached hydrogens (tertiary/aromatic N) is 3. The number of aromatic amines is 1. The minimum absolute atomic E-state index is 0.0287. The van der Waals surface area contributed by atoms with Gasteiger partial charge in [0.05, 0.1) is 23.2 Å². The lowest BCUT2D eigenvalue weighted by Gasteiger charge is -2.25. The van der Waals surface area contributed by atoms with Crippen LogP contribution in [0, 0.1) is 6.92 Å². The number of carbonyl (C=O) groups is 1. The SMILES string of the molecule is COc1ccc(Cl)cc1N(CC(=O)N=Nc1c(O)[nH]c2ccc(Br)cc12)S(=O)(=O)c1ccc(C)cc1. The van der Waals surface area contributed by atoms with Crippen molar-refractivity contribution in [2.45, 2.75) is 11.8 Å². The number of aromatic nitrogens is 1. The lowest BCUT2D eigenvalue weighted by atomic mass is 10.2. The quantitative estimate of drug-likeness (QED) is 0.251. The summed E-state index contributed by atoms with van der Waals surface area (Å²) in [5, 5.41) is 18.6. The predicted molar refractivity (Wildman–Crippen MR) is 141 cm³/mol. The molecule has 36 heavy (non-hydrogen) atoms. The lowest BCUT2D eigenvalue weighted by molar-refractivity contribution is -0.116. The van der Waals surface area contributed by atoms with Gasteiger partial charge in [0.15, 0.2) is 5.69 Å². The van der Waals surface area contributed by atoms with Gasteiger partial charge in [-0.15, -0.1) is 10.2 Å². The summed E-state index contributed by atoms with van der Waals surface area (Å²) in [6.45, 7) is 1.14. The molecule has 0 aliphatic heterocycles. The zero-order chi connectivity index (χ0) is 26.0. The number of sulfonamides is 1. The second-order valence-electron chi connectivity index (χ2n) is 7.75. The summed E-state index contributed by atoms with van der Waals surface area (Å²) < 4.78 is 34.2. The number of aryl methyl sites for hydroxylation is 1. The smallest absolute Gasteiger partial charge is 0.285 e. The number of anilines is 1. The number of methoxy groups -OCH3 is 1. The number of H-pyrrole nitrogens is 1. The van der Waals surface area contributed by atoms with Gasteiger partial charge in [0, 0.05) is 14.9 Å². The standard InChI is InChI=1S/C24H20BrClN4O5S/c1-14-3-7-17(8-4-14)36(33,34)30(20-12-16(26)6-10-21(20)35-2)13-22(31)28-29-23-18-11-15(25)5-9-19(18)27-24(23)32/h3-12,27,32H,13H2,1-2H3. The van der Waals surface area contributed by atoms with Crippen molar-refractivity contribution in [1.82, 2.24) is 4.98 Å². The normalized spacial score (nSPS) is 11.8. The summed E-state index contributed by atoms with van der Waals surface area (Å²) >= 11 is 9.50. The molecule has 4 rings (SSSR count). The molecule has 0 saturated carbocycles. The van der Waals surface area contributed by atoms with E-state index in [9.17, 15) is 18.3 Å². The number of fused-ring (bicyclic) bond motifs is 1. The topological polar surface area (TPSA) is 124 Å². The van der Waals surface area contributed by atoms with Crippen LogP contribution in [0.3, 0.4) is 0 Å². The number of benzene rings is 3. The maximum absolute atomic E-state index is 13.6. The monoisotopic (exact) mass is 590 g/mol. The highest BCUT2D eigenvalue weighted by atomic mass is 79.9. The molecule has 1 aromatic heterocycles. The molecular weight excluding hydrogens is 572 g/mol. The summed E-state index contributed by atoms with van der Waals surface area (Å²) in [6, 6.07) is 15.8. The van der Waals surface area contributed by atoms with Crippen LogP contribution in [-0.4, -0.2) is 38.1 Å². The van der Waals surface area contributed by atoms with Crippen LogP contribution in [0.1, 0.15) is 5.56 Å². The Kier molecular flexibility index (Phi) is 7.34. The summed E-state index contributed by atoms with van der Waals surface area (Å²) in [5.41, 5.74) is 1.57. The van der Waals surface area contributed by atoms with E-state index in [0.29, 0.717) is 10.9 Å². The number of amides is 1. The van der Waals surface area contributed by atoms with Gasteiger partial charge in [0.25, 0.3) is 15.9 Å². The average Bonchev–Trinajstić information content (AvgIpc) is 3.15. The number of hydrogen-bond acceptors (Lipinski definition) is 6. The largest absolute Gasteiger partial charge is 0.495 e. The molecule has 9 nitrogen and oxygen atoms in total. The predicted octanol–water partition coefficient (Wildman–Crippen LogP) is 6.11. The fourth-order valence-electron chi connectivity index (χ4n) is 3.49. The summed E-state index contributed by atoms with van der Waals surface area (Å²) in [6.07, 6.45) is 0. The van der Waals surface area contributed by atoms with Gasteiger partial charge in [-0.05, 0) is 55.5 Å². The second-order valence-corrected chi connectivity index (χ2v) is 11.0. The molecule has 1 heterocycles. The molecular formula is C24H20BrClN4O5S. The maximum atomic E-state index is 13.6. The molecule has 0 aliphatic rings. The van der Waals surface area contributed by atoms with Crippen LogP contribution in [-0.2, 0) is 14.8 Å². The number of aromatic hydroxyl groups is 1. The summed E-state index contributed by atoms with van der Waals surface area (Å²) in [7, 11) is -2.85. The Bertz CT molecular complexity index is 1590. The van der Waals surface area contributed by atoms with Crippen LogP contribution >= 0.6 is 27.5 Å². The molecule has 0 bridgehead atoms. The molecule has 0 spiro atoms. The molecule has 0 radical (unpaired) electrons. The molecule has 2 N–H and O–H groups in total. The molecule has 186 valence electrons.